The second kappa shape index (κ2) is 18.1. The average molecular weight is 760 g/mol. The molecule has 10 atom stereocenters. The first-order valence-corrected chi connectivity index (χ1v) is 19.4. The number of aliphatic hydroxyl groups excluding tert-OH is 3. The van der Waals surface area contributed by atoms with Gasteiger partial charge in [-0.15, -0.1) is 23.4 Å². The van der Waals surface area contributed by atoms with Gasteiger partial charge < -0.3 is 50.0 Å². The third kappa shape index (κ3) is 9.76. The minimum absolute atomic E-state index is 0.105. The lowest BCUT2D eigenvalue weighted by molar-refractivity contribution is -0.205. The number of carbonyl (C=O) groups is 3. The van der Waals surface area contributed by atoms with Crippen LogP contribution in [0.4, 0.5) is 20.6 Å². The van der Waals surface area contributed by atoms with E-state index in [1.54, 1.807) is 25.3 Å². The van der Waals surface area contributed by atoms with E-state index in [4.69, 9.17) is 25.8 Å². The highest BCUT2D eigenvalue weighted by Gasteiger charge is 2.48. The number of piperidine rings is 1. The van der Waals surface area contributed by atoms with Gasteiger partial charge in [-0.2, -0.15) is 0 Å². The van der Waals surface area contributed by atoms with Crippen LogP contribution in [0.2, 0.25) is 0 Å². The molecule has 4 aliphatic heterocycles. The van der Waals surface area contributed by atoms with E-state index in [0.29, 0.717) is 57.2 Å². The molecule has 4 saturated heterocycles. The number of ether oxygens (including phenoxy) is 3. The number of thioether (sulfide) groups is 1. The fraction of sp³-hybridized carbons (Fsp3) is 0.735. The number of halogens is 2. The highest BCUT2D eigenvalue weighted by Crippen LogP contribution is 2.32. The number of aliphatic hydroxyl groups is 3. The quantitative estimate of drug-likeness (QED) is 0.182. The van der Waals surface area contributed by atoms with Gasteiger partial charge in [0.05, 0.1) is 55.0 Å². The summed E-state index contributed by atoms with van der Waals surface area (Å²) < 4.78 is 31.7. The fourth-order valence-electron chi connectivity index (χ4n) is 7.22. The molecular weight excluding hydrogens is 709 g/mol. The molecule has 51 heavy (non-hydrogen) atoms. The summed E-state index contributed by atoms with van der Waals surface area (Å²) in [5, 5.41) is 36.5. The smallest absolute Gasteiger partial charge is 0.414 e. The lowest BCUT2D eigenvalue weighted by Crippen LogP contribution is -2.65. The minimum Gasteiger partial charge on any atom is -0.442 e. The van der Waals surface area contributed by atoms with Crippen LogP contribution in [0.25, 0.3) is 0 Å². The summed E-state index contributed by atoms with van der Waals surface area (Å²) in [6.45, 7) is 7.78. The molecule has 286 valence electrons. The number of nitrogens with one attached hydrogen (secondary N) is 2. The number of hydrogen-bond acceptors (Lipinski definition) is 12. The van der Waals surface area contributed by atoms with Crippen molar-refractivity contribution in [3.8, 4) is 0 Å². The van der Waals surface area contributed by atoms with Gasteiger partial charge in [-0.1, -0.05) is 13.3 Å². The molecule has 0 bridgehead atoms. The van der Waals surface area contributed by atoms with E-state index >= 15 is 0 Å². The molecule has 0 aromatic heterocycles. The van der Waals surface area contributed by atoms with Crippen molar-refractivity contribution < 1.29 is 48.3 Å². The molecule has 0 spiro atoms. The predicted octanol–water partition coefficient (Wildman–Crippen LogP) is 1.12. The van der Waals surface area contributed by atoms with Crippen molar-refractivity contribution in [2.45, 2.75) is 80.5 Å². The van der Waals surface area contributed by atoms with E-state index in [0.717, 1.165) is 13.0 Å². The third-order valence-electron chi connectivity index (χ3n) is 10.2. The second-order valence-corrected chi connectivity index (χ2v) is 15.4. The lowest BCUT2D eigenvalue weighted by Gasteiger charge is -2.44. The molecule has 3 amide bonds. The van der Waals surface area contributed by atoms with Crippen LogP contribution < -0.4 is 20.4 Å². The Morgan fingerprint density at radius 3 is 2.53 bits per heavy atom. The normalized spacial score (nSPS) is 31.6. The van der Waals surface area contributed by atoms with Gasteiger partial charge in [0.2, 0.25) is 11.8 Å². The molecule has 14 nitrogen and oxygen atoms in total. The van der Waals surface area contributed by atoms with Gasteiger partial charge in [-0.05, 0) is 43.7 Å². The first-order valence-electron chi connectivity index (χ1n) is 17.7. The van der Waals surface area contributed by atoms with E-state index in [9.17, 15) is 34.1 Å². The van der Waals surface area contributed by atoms with Gasteiger partial charge in [0, 0.05) is 39.1 Å². The van der Waals surface area contributed by atoms with Crippen molar-refractivity contribution in [1.29, 1.82) is 0 Å². The lowest BCUT2D eigenvalue weighted by atomic mass is 9.86. The number of benzene rings is 1. The second-order valence-electron chi connectivity index (χ2n) is 13.8. The first kappa shape index (κ1) is 39.8. The molecule has 4 fully saturated rings. The molecule has 1 aromatic carbocycles. The highest BCUT2D eigenvalue weighted by atomic mass is 35.5. The number of anilines is 2. The van der Waals surface area contributed by atoms with Crippen molar-refractivity contribution in [1.82, 2.24) is 15.5 Å². The van der Waals surface area contributed by atoms with Crippen molar-refractivity contribution in [2.75, 3.05) is 75.1 Å². The molecule has 0 aliphatic carbocycles. The zero-order valence-electron chi connectivity index (χ0n) is 29.3. The Morgan fingerprint density at radius 2 is 1.86 bits per heavy atom. The van der Waals surface area contributed by atoms with Crippen molar-refractivity contribution in [3.63, 3.8) is 0 Å². The Hall–Kier alpha value is -2.44. The van der Waals surface area contributed by atoms with Crippen molar-refractivity contribution >= 4 is 52.6 Å². The summed E-state index contributed by atoms with van der Waals surface area (Å²) in [6.07, 6.45) is -3.08. The van der Waals surface area contributed by atoms with Crippen LogP contribution in [-0.2, 0) is 23.8 Å². The number of alkyl halides is 1. The van der Waals surface area contributed by atoms with Crippen LogP contribution in [0.15, 0.2) is 18.2 Å². The van der Waals surface area contributed by atoms with Gasteiger partial charge in [0.15, 0.2) is 0 Å². The maximum Gasteiger partial charge on any atom is 0.414 e. The number of carbonyl (C=O) groups excluding carboxylic acids is 3. The Balaban J connectivity index is 1.10. The topological polar surface area (TPSA) is 173 Å². The molecule has 0 saturated carbocycles. The van der Waals surface area contributed by atoms with Crippen molar-refractivity contribution in [2.24, 2.45) is 11.8 Å². The van der Waals surface area contributed by atoms with Gasteiger partial charge in [0.25, 0.3) is 0 Å². The number of amides is 3. The number of nitrogens with zero attached hydrogens (tertiary/aromatic N) is 3. The molecule has 4 aliphatic rings. The van der Waals surface area contributed by atoms with Crippen LogP contribution in [-0.4, -0.2) is 151 Å². The maximum atomic E-state index is 15.0. The minimum atomic E-state index is -1.46. The number of cyclic esters (lactones) is 1. The number of rotatable bonds is 13. The Kier molecular flexibility index (Phi) is 14.1. The predicted molar refractivity (Wildman–Crippen MR) is 190 cm³/mol. The molecule has 5 N–H and O–H groups in total. The van der Waals surface area contributed by atoms with E-state index in [-0.39, 0.29) is 37.2 Å². The Bertz CT molecular complexity index is 1360. The largest absolute Gasteiger partial charge is 0.442 e. The molecule has 5 rings (SSSR count). The third-order valence-corrected chi connectivity index (χ3v) is 11.3. The van der Waals surface area contributed by atoms with Gasteiger partial charge in [0.1, 0.15) is 41.8 Å². The number of likely N-dealkylation sites (tertiary alicyclic amines) is 1. The van der Waals surface area contributed by atoms with Crippen LogP contribution in [0, 0.1) is 17.7 Å². The van der Waals surface area contributed by atoms with Crippen LogP contribution in [0.1, 0.15) is 33.1 Å². The van der Waals surface area contributed by atoms with E-state index < -0.39 is 65.2 Å². The van der Waals surface area contributed by atoms with Gasteiger partial charge in [-0.25, -0.2) is 9.18 Å². The van der Waals surface area contributed by atoms with Gasteiger partial charge >= 0.3 is 6.09 Å². The van der Waals surface area contributed by atoms with Gasteiger partial charge in [-0.3, -0.25) is 14.5 Å². The zero-order chi connectivity index (χ0) is 36.8. The summed E-state index contributed by atoms with van der Waals surface area (Å²) in [5.74, 6) is -1.12. The molecule has 0 radical (unpaired) electrons. The maximum absolute atomic E-state index is 15.0. The number of hydrogen-bond donors (Lipinski definition) is 5. The van der Waals surface area contributed by atoms with E-state index in [2.05, 4.69) is 22.5 Å². The summed E-state index contributed by atoms with van der Waals surface area (Å²) in [5.41, 5.74) is 0.0394. The fourth-order valence-corrected chi connectivity index (χ4v) is 8.10. The van der Waals surface area contributed by atoms with E-state index in [1.807, 2.05) is 4.90 Å². The molecule has 10 unspecified atom stereocenters. The summed E-state index contributed by atoms with van der Waals surface area (Å²) in [7, 11) is 0. The molecule has 17 heteroatoms. The number of morpholine rings is 1. The highest BCUT2D eigenvalue weighted by molar-refractivity contribution is 7.99. The summed E-state index contributed by atoms with van der Waals surface area (Å²) in [6, 6.07) is 3.83. The zero-order valence-corrected chi connectivity index (χ0v) is 30.9. The first-order chi connectivity index (χ1) is 24.4. The summed E-state index contributed by atoms with van der Waals surface area (Å²) in [4.78, 5) is 44.5. The Morgan fingerprint density at radius 1 is 1.12 bits per heavy atom. The monoisotopic (exact) mass is 759 g/mol. The van der Waals surface area contributed by atoms with E-state index in [1.165, 1.54) is 22.7 Å². The SMILES string of the molecule is CCC1CC(C(=O)NC(C(C)Cl)C2OC(SC)C(O)C(O)C2O)CN(CCC(=O)NCC2CN(c3ccc(N4CCOCC4)c(F)c3)C(=O)O2)C1. The molecule has 4 heterocycles. The summed E-state index contributed by atoms with van der Waals surface area (Å²) >= 11 is 7.66. The Labute approximate surface area is 307 Å². The molecular formula is C34H51ClFN5O9S. The van der Waals surface area contributed by atoms with Crippen LogP contribution in [0.3, 0.4) is 0 Å². The van der Waals surface area contributed by atoms with Crippen LogP contribution in [0.5, 0.6) is 0 Å². The van der Waals surface area contributed by atoms with Crippen molar-refractivity contribution in [3.05, 3.63) is 24.0 Å². The molecule has 1 aromatic rings. The standard InChI is InChI=1S/C34H51ClFN5O9S/c1-4-20-13-21(32(46)38-27(19(2)35)31-29(44)28(43)30(45)33(50-31)51-3)17-39(16-20)8-7-26(42)37-15-23-18-41(34(47)49-23)22-5-6-25(24(36)14-22)40-9-11-48-12-10-40/h5-6,14,19-21,23,27-31,33,43-45H,4,7-13,15-18H2,1-3H3,(H,37,42)(H,38,46). The van der Waals surface area contributed by atoms with Crippen LogP contribution >= 0.6 is 23.4 Å². The average Bonchev–Trinajstić information content (AvgIpc) is 3.51.